The summed E-state index contributed by atoms with van der Waals surface area (Å²) in [5.74, 6) is 1.57. The molecule has 0 heterocycles. The zero-order valence-corrected chi connectivity index (χ0v) is 8.96. The van der Waals surface area contributed by atoms with E-state index in [4.69, 9.17) is 15.2 Å². The van der Waals surface area contributed by atoms with Crippen LogP contribution in [0.5, 0.6) is 11.5 Å². The van der Waals surface area contributed by atoms with Gasteiger partial charge in [-0.1, -0.05) is 0 Å². The van der Waals surface area contributed by atoms with Crippen LogP contribution in [-0.2, 0) is 0 Å². The molecule has 0 saturated carbocycles. The lowest BCUT2D eigenvalue weighted by Gasteiger charge is -2.13. The van der Waals surface area contributed by atoms with Crippen LogP contribution in [0.2, 0.25) is 0 Å². The minimum absolute atomic E-state index is 0.612. The van der Waals surface area contributed by atoms with Crippen molar-refractivity contribution in [1.82, 2.24) is 0 Å². The maximum Gasteiger partial charge on any atom is 0.148 e. The Kier molecular flexibility index (Phi) is 3.63. The Morgan fingerprint density at radius 3 is 2.36 bits per heavy atom. The van der Waals surface area contributed by atoms with Crippen molar-refractivity contribution in [3.63, 3.8) is 0 Å². The Labute approximate surface area is 84.8 Å². The first-order chi connectivity index (χ1) is 6.70. The lowest BCUT2D eigenvalue weighted by atomic mass is 10.1. The summed E-state index contributed by atoms with van der Waals surface area (Å²) >= 11 is 0. The van der Waals surface area contributed by atoms with Gasteiger partial charge in [0.15, 0.2) is 0 Å². The maximum atomic E-state index is 5.79. The molecule has 0 atom stereocenters. The summed E-state index contributed by atoms with van der Waals surface area (Å²) in [5, 5.41) is 0. The summed E-state index contributed by atoms with van der Waals surface area (Å²) in [6, 6.07) is 3.68. The van der Waals surface area contributed by atoms with Crippen molar-refractivity contribution in [3.05, 3.63) is 17.7 Å². The highest BCUT2D eigenvalue weighted by atomic mass is 16.5. The molecular weight excluding hydrogens is 178 g/mol. The van der Waals surface area contributed by atoms with Crippen LogP contribution in [0.25, 0.3) is 0 Å². The van der Waals surface area contributed by atoms with Gasteiger partial charge in [-0.3, -0.25) is 0 Å². The molecule has 0 aromatic heterocycles. The van der Waals surface area contributed by atoms with Gasteiger partial charge >= 0.3 is 0 Å². The molecule has 0 bridgehead atoms. The first-order valence-corrected chi connectivity index (χ1v) is 4.85. The molecule has 78 valence electrons. The van der Waals surface area contributed by atoms with Gasteiger partial charge in [-0.2, -0.15) is 0 Å². The van der Waals surface area contributed by atoms with Crippen LogP contribution in [0.1, 0.15) is 19.4 Å². The largest absolute Gasteiger partial charge is 0.493 e. The number of ether oxygens (including phenoxy) is 2. The summed E-state index contributed by atoms with van der Waals surface area (Å²) in [5.41, 5.74) is 7.42. The van der Waals surface area contributed by atoms with Gasteiger partial charge in [0.1, 0.15) is 11.5 Å². The normalized spacial score (nSPS) is 9.93. The standard InChI is InChI=1S/C11H17NO2/c1-4-13-10-7-6-9(12)11(8(10)3)14-5-2/h6-7H,4-5,12H2,1-3H3. The molecule has 2 N–H and O–H groups in total. The van der Waals surface area contributed by atoms with Crippen LogP contribution in [0.4, 0.5) is 5.69 Å². The van der Waals surface area contributed by atoms with Gasteiger partial charge in [-0.25, -0.2) is 0 Å². The fourth-order valence-corrected chi connectivity index (χ4v) is 1.34. The van der Waals surface area contributed by atoms with Gasteiger partial charge in [0.05, 0.1) is 18.9 Å². The Hall–Kier alpha value is -1.38. The van der Waals surface area contributed by atoms with Crippen molar-refractivity contribution in [2.24, 2.45) is 0 Å². The minimum Gasteiger partial charge on any atom is -0.493 e. The third-order valence-electron chi connectivity index (χ3n) is 1.98. The van der Waals surface area contributed by atoms with Crippen molar-refractivity contribution in [3.8, 4) is 11.5 Å². The molecule has 0 spiro atoms. The number of rotatable bonds is 4. The van der Waals surface area contributed by atoms with Crippen molar-refractivity contribution >= 4 is 5.69 Å². The number of hydrogen-bond donors (Lipinski definition) is 1. The first-order valence-electron chi connectivity index (χ1n) is 4.85. The van der Waals surface area contributed by atoms with Crippen molar-refractivity contribution in [2.45, 2.75) is 20.8 Å². The molecule has 0 amide bonds. The molecule has 0 fully saturated rings. The molecule has 1 aromatic rings. The van der Waals surface area contributed by atoms with E-state index in [1.807, 2.05) is 32.9 Å². The highest BCUT2D eigenvalue weighted by molar-refractivity contribution is 5.61. The van der Waals surface area contributed by atoms with Gasteiger partial charge < -0.3 is 15.2 Å². The van der Waals surface area contributed by atoms with E-state index in [0.717, 1.165) is 17.1 Å². The number of nitrogens with two attached hydrogens (primary N) is 1. The predicted molar refractivity (Wildman–Crippen MR) is 57.9 cm³/mol. The molecule has 0 aliphatic rings. The van der Waals surface area contributed by atoms with E-state index < -0.39 is 0 Å². The van der Waals surface area contributed by atoms with Crippen LogP contribution in [0, 0.1) is 6.92 Å². The second-order valence-electron chi connectivity index (χ2n) is 2.97. The number of anilines is 1. The Balaban J connectivity index is 3.05. The summed E-state index contributed by atoms with van der Waals surface area (Å²) in [7, 11) is 0. The van der Waals surface area contributed by atoms with Crippen molar-refractivity contribution < 1.29 is 9.47 Å². The third-order valence-corrected chi connectivity index (χ3v) is 1.98. The Bertz CT molecular complexity index is 310. The zero-order valence-electron chi connectivity index (χ0n) is 8.96. The van der Waals surface area contributed by atoms with Crippen molar-refractivity contribution in [2.75, 3.05) is 18.9 Å². The van der Waals surface area contributed by atoms with Gasteiger partial charge in [0.25, 0.3) is 0 Å². The van der Waals surface area contributed by atoms with Gasteiger partial charge in [0.2, 0.25) is 0 Å². The van der Waals surface area contributed by atoms with E-state index >= 15 is 0 Å². The third kappa shape index (κ3) is 2.10. The molecule has 3 heteroatoms. The maximum absolute atomic E-state index is 5.79. The molecule has 0 aliphatic heterocycles. The second-order valence-corrected chi connectivity index (χ2v) is 2.97. The van der Waals surface area contributed by atoms with E-state index in [-0.39, 0.29) is 0 Å². The quantitative estimate of drug-likeness (QED) is 0.750. The lowest BCUT2D eigenvalue weighted by molar-refractivity contribution is 0.320. The number of benzene rings is 1. The highest BCUT2D eigenvalue weighted by Crippen LogP contribution is 2.33. The van der Waals surface area contributed by atoms with E-state index in [9.17, 15) is 0 Å². The second kappa shape index (κ2) is 4.74. The van der Waals surface area contributed by atoms with E-state index in [2.05, 4.69) is 0 Å². The Morgan fingerprint density at radius 2 is 1.79 bits per heavy atom. The molecule has 0 saturated heterocycles. The van der Waals surface area contributed by atoms with Crippen LogP contribution in [-0.4, -0.2) is 13.2 Å². The van der Waals surface area contributed by atoms with Crippen LogP contribution in [0.3, 0.4) is 0 Å². The smallest absolute Gasteiger partial charge is 0.148 e. The van der Waals surface area contributed by atoms with Gasteiger partial charge in [-0.05, 0) is 32.9 Å². The summed E-state index contributed by atoms with van der Waals surface area (Å²) in [6.45, 7) is 7.10. The monoisotopic (exact) mass is 195 g/mol. The van der Waals surface area contributed by atoms with Crippen LogP contribution < -0.4 is 15.2 Å². The number of hydrogen-bond acceptors (Lipinski definition) is 3. The van der Waals surface area contributed by atoms with Crippen molar-refractivity contribution in [1.29, 1.82) is 0 Å². The van der Waals surface area contributed by atoms with E-state index in [1.165, 1.54) is 0 Å². The van der Waals surface area contributed by atoms with Crippen LogP contribution >= 0.6 is 0 Å². The molecule has 3 nitrogen and oxygen atoms in total. The van der Waals surface area contributed by atoms with E-state index in [0.29, 0.717) is 18.9 Å². The lowest BCUT2D eigenvalue weighted by Crippen LogP contribution is -2.02. The summed E-state index contributed by atoms with van der Waals surface area (Å²) < 4.78 is 10.9. The van der Waals surface area contributed by atoms with E-state index in [1.54, 1.807) is 0 Å². The zero-order chi connectivity index (χ0) is 10.6. The fourth-order valence-electron chi connectivity index (χ4n) is 1.34. The first kappa shape index (κ1) is 10.7. The summed E-state index contributed by atoms with van der Waals surface area (Å²) in [4.78, 5) is 0. The highest BCUT2D eigenvalue weighted by Gasteiger charge is 2.09. The molecule has 0 radical (unpaired) electrons. The predicted octanol–water partition coefficient (Wildman–Crippen LogP) is 2.37. The molecule has 0 aliphatic carbocycles. The molecule has 1 rings (SSSR count). The SMILES string of the molecule is CCOc1ccc(N)c(OCC)c1C. The molecule has 0 unspecified atom stereocenters. The fraction of sp³-hybridized carbons (Fsp3) is 0.455. The average Bonchev–Trinajstić information content (AvgIpc) is 2.17. The van der Waals surface area contributed by atoms with Crippen LogP contribution in [0.15, 0.2) is 12.1 Å². The van der Waals surface area contributed by atoms with Gasteiger partial charge in [0, 0.05) is 5.56 Å². The minimum atomic E-state index is 0.612. The molecule has 1 aromatic carbocycles. The topological polar surface area (TPSA) is 44.5 Å². The molecule has 14 heavy (non-hydrogen) atoms. The Morgan fingerprint density at radius 1 is 1.14 bits per heavy atom. The summed E-state index contributed by atoms with van der Waals surface area (Å²) in [6.07, 6.45) is 0. The number of nitrogen functional groups attached to an aromatic ring is 1. The molecular formula is C11H17NO2. The average molecular weight is 195 g/mol. The van der Waals surface area contributed by atoms with Gasteiger partial charge in [-0.15, -0.1) is 0 Å².